The lowest BCUT2D eigenvalue weighted by Crippen LogP contribution is -2.30. The molecule has 1 aromatic rings. The Bertz CT molecular complexity index is 502. The lowest BCUT2D eigenvalue weighted by atomic mass is 9.98. The van der Waals surface area contributed by atoms with Crippen molar-refractivity contribution in [2.45, 2.75) is 12.5 Å². The van der Waals surface area contributed by atoms with Gasteiger partial charge in [-0.15, -0.1) is 0 Å². The van der Waals surface area contributed by atoms with E-state index in [4.69, 9.17) is 14.2 Å². The molecule has 2 aliphatic rings. The molecule has 0 saturated heterocycles. The standard InChI is InChI=1S/C14H18N2O3/c1-17-12-4-3-10-11(16-7-6-15-9-16)5-8-19-13(10)14(12)18-2/h3-4,9,11H,5-8H2,1-2H3. The first-order chi connectivity index (χ1) is 9.35. The van der Waals surface area contributed by atoms with Crippen LogP contribution in [0.15, 0.2) is 17.1 Å². The molecule has 5 heteroatoms. The van der Waals surface area contributed by atoms with Gasteiger partial charge in [-0.2, -0.15) is 0 Å². The highest BCUT2D eigenvalue weighted by molar-refractivity contribution is 5.62. The number of aliphatic imine (C=N–C) groups is 1. The summed E-state index contributed by atoms with van der Waals surface area (Å²) in [6.45, 7) is 2.53. The number of methoxy groups -OCH3 is 2. The summed E-state index contributed by atoms with van der Waals surface area (Å²) in [7, 11) is 3.28. The number of hydrogen-bond acceptors (Lipinski definition) is 5. The van der Waals surface area contributed by atoms with Gasteiger partial charge in [0.05, 0.1) is 39.8 Å². The molecule has 0 fully saturated rings. The highest BCUT2D eigenvalue weighted by atomic mass is 16.5. The highest BCUT2D eigenvalue weighted by Gasteiger charge is 2.30. The van der Waals surface area contributed by atoms with Gasteiger partial charge in [-0.05, 0) is 12.1 Å². The molecular formula is C14H18N2O3. The predicted octanol–water partition coefficient (Wildman–Crippen LogP) is 1.87. The fourth-order valence-corrected chi connectivity index (χ4v) is 2.73. The summed E-state index contributed by atoms with van der Waals surface area (Å²) in [4.78, 5) is 6.56. The van der Waals surface area contributed by atoms with E-state index >= 15 is 0 Å². The topological polar surface area (TPSA) is 43.3 Å². The van der Waals surface area contributed by atoms with Crippen LogP contribution in [0.2, 0.25) is 0 Å². The van der Waals surface area contributed by atoms with Crippen molar-refractivity contribution in [2.75, 3.05) is 33.9 Å². The molecule has 0 radical (unpaired) electrons. The highest BCUT2D eigenvalue weighted by Crippen LogP contribution is 2.46. The van der Waals surface area contributed by atoms with Crippen molar-refractivity contribution in [3.63, 3.8) is 0 Å². The number of nitrogens with zero attached hydrogens (tertiary/aromatic N) is 2. The predicted molar refractivity (Wildman–Crippen MR) is 72.5 cm³/mol. The molecule has 0 N–H and O–H groups in total. The molecule has 0 amide bonds. The minimum Gasteiger partial charge on any atom is -0.493 e. The van der Waals surface area contributed by atoms with E-state index < -0.39 is 0 Å². The fourth-order valence-electron chi connectivity index (χ4n) is 2.73. The van der Waals surface area contributed by atoms with E-state index in [1.807, 2.05) is 12.4 Å². The van der Waals surface area contributed by atoms with Crippen LogP contribution in [0.5, 0.6) is 17.2 Å². The first-order valence-electron chi connectivity index (χ1n) is 6.48. The minimum absolute atomic E-state index is 0.315. The Morgan fingerprint density at radius 2 is 2.21 bits per heavy atom. The number of hydrogen-bond donors (Lipinski definition) is 0. The molecule has 1 atom stereocenters. The largest absolute Gasteiger partial charge is 0.493 e. The average Bonchev–Trinajstić information content (AvgIpc) is 2.99. The number of ether oxygens (including phenoxy) is 3. The van der Waals surface area contributed by atoms with E-state index in [2.05, 4.69) is 16.0 Å². The van der Waals surface area contributed by atoms with Gasteiger partial charge in [0, 0.05) is 18.5 Å². The maximum atomic E-state index is 5.80. The molecule has 0 bridgehead atoms. The first-order valence-corrected chi connectivity index (χ1v) is 6.48. The van der Waals surface area contributed by atoms with E-state index in [1.165, 1.54) is 0 Å². The summed E-state index contributed by atoms with van der Waals surface area (Å²) in [6, 6.07) is 4.31. The van der Waals surface area contributed by atoms with Crippen LogP contribution < -0.4 is 14.2 Å². The Labute approximate surface area is 112 Å². The van der Waals surface area contributed by atoms with Gasteiger partial charge >= 0.3 is 0 Å². The van der Waals surface area contributed by atoms with Crippen molar-refractivity contribution < 1.29 is 14.2 Å². The van der Waals surface area contributed by atoms with Crippen molar-refractivity contribution in [2.24, 2.45) is 4.99 Å². The molecule has 0 aliphatic carbocycles. The number of benzene rings is 1. The van der Waals surface area contributed by atoms with Crippen LogP contribution in [0.25, 0.3) is 0 Å². The zero-order valence-corrected chi connectivity index (χ0v) is 11.3. The van der Waals surface area contributed by atoms with Crippen LogP contribution in [-0.4, -0.2) is 45.2 Å². The smallest absolute Gasteiger partial charge is 0.203 e. The molecule has 5 nitrogen and oxygen atoms in total. The lowest BCUT2D eigenvalue weighted by Gasteiger charge is -2.33. The summed E-state index contributed by atoms with van der Waals surface area (Å²) < 4.78 is 16.6. The zero-order valence-electron chi connectivity index (χ0n) is 11.3. The molecule has 102 valence electrons. The van der Waals surface area contributed by atoms with Crippen molar-refractivity contribution in [1.82, 2.24) is 4.90 Å². The number of rotatable bonds is 3. The monoisotopic (exact) mass is 262 g/mol. The number of fused-ring (bicyclic) bond motifs is 1. The Hall–Kier alpha value is -1.91. The molecule has 0 aromatic heterocycles. The second-order valence-corrected chi connectivity index (χ2v) is 4.63. The van der Waals surface area contributed by atoms with Crippen molar-refractivity contribution in [3.8, 4) is 17.2 Å². The van der Waals surface area contributed by atoms with E-state index in [0.717, 1.165) is 30.8 Å². The van der Waals surface area contributed by atoms with Gasteiger partial charge in [0.15, 0.2) is 11.5 Å². The van der Waals surface area contributed by atoms with Gasteiger partial charge in [0.25, 0.3) is 0 Å². The molecule has 3 rings (SSSR count). The third-order valence-corrected chi connectivity index (χ3v) is 3.64. The quantitative estimate of drug-likeness (QED) is 0.834. The zero-order chi connectivity index (χ0) is 13.2. The maximum absolute atomic E-state index is 5.80. The Morgan fingerprint density at radius 1 is 1.32 bits per heavy atom. The SMILES string of the molecule is COc1ccc2c(c1OC)OCCC2N1C=NCC1. The van der Waals surface area contributed by atoms with Gasteiger partial charge in [-0.3, -0.25) is 4.99 Å². The van der Waals surface area contributed by atoms with E-state index in [1.54, 1.807) is 14.2 Å². The third-order valence-electron chi connectivity index (χ3n) is 3.64. The van der Waals surface area contributed by atoms with Crippen LogP contribution in [0.4, 0.5) is 0 Å². The second-order valence-electron chi connectivity index (χ2n) is 4.63. The Balaban J connectivity index is 2.02. The normalized spacial score (nSPS) is 20.9. The summed E-state index contributed by atoms with van der Waals surface area (Å²) in [5.41, 5.74) is 1.15. The van der Waals surface area contributed by atoms with Gasteiger partial charge in [0.2, 0.25) is 5.75 Å². The average molecular weight is 262 g/mol. The second kappa shape index (κ2) is 4.99. The molecular weight excluding hydrogens is 244 g/mol. The summed E-state index contributed by atoms with van der Waals surface area (Å²) in [5, 5.41) is 0. The van der Waals surface area contributed by atoms with Gasteiger partial charge in [-0.1, -0.05) is 0 Å². The van der Waals surface area contributed by atoms with Gasteiger partial charge < -0.3 is 19.1 Å². The van der Waals surface area contributed by atoms with Crippen LogP contribution in [0.3, 0.4) is 0 Å². The van der Waals surface area contributed by atoms with Gasteiger partial charge in [-0.25, -0.2) is 0 Å². The molecule has 0 spiro atoms. The van der Waals surface area contributed by atoms with Crippen molar-refractivity contribution in [1.29, 1.82) is 0 Å². The van der Waals surface area contributed by atoms with E-state index in [-0.39, 0.29) is 0 Å². The van der Waals surface area contributed by atoms with E-state index in [9.17, 15) is 0 Å². The third kappa shape index (κ3) is 1.99. The Morgan fingerprint density at radius 3 is 2.89 bits per heavy atom. The first kappa shape index (κ1) is 12.1. The molecule has 19 heavy (non-hydrogen) atoms. The van der Waals surface area contributed by atoms with E-state index in [0.29, 0.717) is 24.1 Å². The Kier molecular flexibility index (Phi) is 3.19. The molecule has 0 saturated carbocycles. The fraction of sp³-hybridized carbons (Fsp3) is 0.500. The van der Waals surface area contributed by atoms with Crippen molar-refractivity contribution in [3.05, 3.63) is 17.7 Å². The molecule has 1 unspecified atom stereocenters. The lowest BCUT2D eigenvalue weighted by molar-refractivity contribution is 0.199. The van der Waals surface area contributed by atoms with Gasteiger partial charge in [0.1, 0.15) is 0 Å². The summed E-state index contributed by atoms with van der Waals surface area (Å²) in [6.07, 6.45) is 2.91. The summed E-state index contributed by atoms with van der Waals surface area (Å²) >= 11 is 0. The molecule has 2 heterocycles. The maximum Gasteiger partial charge on any atom is 0.203 e. The molecule has 1 aromatic carbocycles. The minimum atomic E-state index is 0.315. The van der Waals surface area contributed by atoms with Crippen LogP contribution >= 0.6 is 0 Å². The van der Waals surface area contributed by atoms with Crippen LogP contribution in [0.1, 0.15) is 18.0 Å². The summed E-state index contributed by atoms with van der Waals surface area (Å²) in [5.74, 6) is 2.19. The van der Waals surface area contributed by atoms with Crippen LogP contribution in [0, 0.1) is 0 Å². The van der Waals surface area contributed by atoms with Crippen molar-refractivity contribution >= 4 is 6.34 Å². The van der Waals surface area contributed by atoms with Crippen LogP contribution in [-0.2, 0) is 0 Å². The molecule has 2 aliphatic heterocycles.